The topological polar surface area (TPSA) is 82.1 Å². The summed E-state index contributed by atoms with van der Waals surface area (Å²) in [5.74, 6) is -2.98. The van der Waals surface area contributed by atoms with Gasteiger partial charge in [-0.2, -0.15) is 0 Å². The first-order valence-corrected chi connectivity index (χ1v) is 5.91. The van der Waals surface area contributed by atoms with Crippen molar-refractivity contribution in [2.45, 2.75) is 32.7 Å². The fraction of sp³-hybridized carbons (Fsp3) is 0.385. The molecule has 0 amide bonds. The highest BCUT2D eigenvalue weighted by Gasteiger charge is 2.33. The molecule has 0 fully saturated rings. The average molecular weight is 322 g/mol. The van der Waals surface area contributed by atoms with Gasteiger partial charge in [0.1, 0.15) is 5.60 Å². The van der Waals surface area contributed by atoms with E-state index in [1.165, 1.54) is 20.8 Å². The number of rotatable bonds is 3. The van der Waals surface area contributed by atoms with Crippen LogP contribution in [0.1, 0.15) is 31.1 Å². The molecule has 0 atom stereocenters. The van der Waals surface area contributed by atoms with Gasteiger partial charge in [0.25, 0.3) is 0 Å². The monoisotopic (exact) mass is 322 g/mol. The maximum absolute atomic E-state index is 12.3. The Kier molecular flexibility index (Phi) is 4.90. The molecule has 122 valence electrons. The van der Waals surface area contributed by atoms with Crippen LogP contribution in [0.2, 0.25) is 0 Å². The molecular formula is C13H13F3O6. The second-order valence-corrected chi connectivity index (χ2v) is 5.08. The largest absolute Gasteiger partial charge is 0.573 e. The van der Waals surface area contributed by atoms with Gasteiger partial charge in [-0.1, -0.05) is 0 Å². The standard InChI is InChI=1S/C13H13F3O6/c1-12(2,3)22-11(19)20-9-6-7(10(17)18)4-5-8(9)21-13(14,15)16/h4-6H,1-3H3,(H,17,18). The molecule has 0 radical (unpaired) electrons. The summed E-state index contributed by atoms with van der Waals surface area (Å²) < 4.78 is 49.9. The summed E-state index contributed by atoms with van der Waals surface area (Å²) in [6, 6.07) is 2.34. The zero-order valence-electron chi connectivity index (χ0n) is 11.9. The molecule has 9 heteroatoms. The predicted molar refractivity (Wildman–Crippen MR) is 66.9 cm³/mol. The molecule has 1 N–H and O–H groups in total. The van der Waals surface area contributed by atoms with E-state index in [0.717, 1.165) is 18.2 Å². The zero-order valence-corrected chi connectivity index (χ0v) is 11.9. The number of hydrogen-bond donors (Lipinski definition) is 1. The Morgan fingerprint density at radius 1 is 1.09 bits per heavy atom. The lowest BCUT2D eigenvalue weighted by Crippen LogP contribution is -2.26. The summed E-state index contributed by atoms with van der Waals surface area (Å²) in [7, 11) is 0. The quantitative estimate of drug-likeness (QED) is 0.676. The second kappa shape index (κ2) is 6.12. The number of carbonyl (C=O) groups is 2. The van der Waals surface area contributed by atoms with Gasteiger partial charge < -0.3 is 19.3 Å². The number of alkyl halides is 3. The van der Waals surface area contributed by atoms with Crippen LogP contribution in [0.3, 0.4) is 0 Å². The van der Waals surface area contributed by atoms with Gasteiger partial charge in [-0.25, -0.2) is 9.59 Å². The summed E-state index contributed by atoms with van der Waals surface area (Å²) in [6.45, 7) is 4.57. The van der Waals surface area contributed by atoms with Gasteiger partial charge in [0.15, 0.2) is 11.5 Å². The molecule has 0 spiro atoms. The first kappa shape index (κ1) is 17.6. The third-order valence-corrected chi connectivity index (χ3v) is 2.00. The molecule has 1 rings (SSSR count). The Labute approximate surface area is 123 Å². The van der Waals surface area contributed by atoms with Crippen molar-refractivity contribution in [1.82, 2.24) is 0 Å². The Bertz CT molecular complexity index is 574. The molecule has 0 unspecified atom stereocenters. The lowest BCUT2D eigenvalue weighted by atomic mass is 10.2. The first-order chi connectivity index (χ1) is 9.87. The molecular weight excluding hydrogens is 309 g/mol. The smallest absolute Gasteiger partial charge is 0.478 e. The van der Waals surface area contributed by atoms with Crippen LogP contribution in [0.4, 0.5) is 18.0 Å². The van der Waals surface area contributed by atoms with E-state index < -0.39 is 35.6 Å². The minimum Gasteiger partial charge on any atom is -0.478 e. The van der Waals surface area contributed by atoms with Crippen LogP contribution >= 0.6 is 0 Å². The van der Waals surface area contributed by atoms with E-state index in [0.29, 0.717) is 0 Å². The molecule has 0 saturated carbocycles. The zero-order chi connectivity index (χ0) is 17.1. The van der Waals surface area contributed by atoms with Crippen molar-refractivity contribution in [3.05, 3.63) is 23.8 Å². The van der Waals surface area contributed by atoms with E-state index >= 15 is 0 Å². The third kappa shape index (κ3) is 5.90. The average Bonchev–Trinajstić information content (AvgIpc) is 2.26. The van der Waals surface area contributed by atoms with Gasteiger partial charge in [-0.05, 0) is 39.0 Å². The predicted octanol–water partition coefficient (Wildman–Crippen LogP) is 3.60. The van der Waals surface area contributed by atoms with Gasteiger partial charge in [-0.15, -0.1) is 13.2 Å². The Hall–Kier alpha value is -2.45. The normalized spacial score (nSPS) is 11.7. The lowest BCUT2D eigenvalue weighted by Gasteiger charge is -2.19. The molecule has 0 aliphatic rings. The van der Waals surface area contributed by atoms with Gasteiger partial charge in [0, 0.05) is 0 Å². The lowest BCUT2D eigenvalue weighted by molar-refractivity contribution is -0.275. The highest BCUT2D eigenvalue weighted by Crippen LogP contribution is 2.33. The number of aromatic carboxylic acids is 1. The van der Waals surface area contributed by atoms with E-state index in [1.807, 2.05) is 0 Å². The fourth-order valence-corrected chi connectivity index (χ4v) is 1.29. The number of hydrogen-bond acceptors (Lipinski definition) is 5. The third-order valence-electron chi connectivity index (χ3n) is 2.00. The minimum absolute atomic E-state index is 0.381. The van der Waals surface area contributed by atoms with E-state index in [9.17, 15) is 22.8 Å². The van der Waals surface area contributed by atoms with E-state index in [1.54, 1.807) is 0 Å². The Balaban J connectivity index is 3.09. The van der Waals surface area contributed by atoms with Crippen molar-refractivity contribution in [2.75, 3.05) is 0 Å². The van der Waals surface area contributed by atoms with Crippen LogP contribution < -0.4 is 9.47 Å². The molecule has 1 aromatic rings. The molecule has 0 aliphatic carbocycles. The maximum Gasteiger partial charge on any atom is 0.573 e. The van der Waals surface area contributed by atoms with Crippen LogP contribution in [-0.2, 0) is 4.74 Å². The second-order valence-electron chi connectivity index (χ2n) is 5.08. The molecule has 6 nitrogen and oxygen atoms in total. The van der Waals surface area contributed by atoms with Crippen LogP contribution in [0.5, 0.6) is 11.5 Å². The summed E-state index contributed by atoms with van der Waals surface area (Å²) in [6.07, 6.45) is -6.32. The van der Waals surface area contributed by atoms with Crippen molar-refractivity contribution in [3.8, 4) is 11.5 Å². The first-order valence-electron chi connectivity index (χ1n) is 5.91. The number of halogens is 3. The highest BCUT2D eigenvalue weighted by atomic mass is 19.4. The summed E-state index contributed by atoms with van der Waals surface area (Å²) in [4.78, 5) is 22.3. The van der Waals surface area contributed by atoms with Crippen molar-refractivity contribution >= 4 is 12.1 Å². The maximum atomic E-state index is 12.3. The fourth-order valence-electron chi connectivity index (χ4n) is 1.29. The van der Waals surface area contributed by atoms with Gasteiger partial charge in [0.2, 0.25) is 0 Å². The van der Waals surface area contributed by atoms with Crippen LogP contribution in [-0.4, -0.2) is 29.2 Å². The summed E-state index contributed by atoms with van der Waals surface area (Å²) in [5.41, 5.74) is -1.32. The molecule has 1 aromatic carbocycles. The number of benzene rings is 1. The van der Waals surface area contributed by atoms with Gasteiger partial charge in [-0.3, -0.25) is 0 Å². The van der Waals surface area contributed by atoms with E-state index in [4.69, 9.17) is 9.84 Å². The van der Waals surface area contributed by atoms with Crippen molar-refractivity contribution in [2.24, 2.45) is 0 Å². The molecule has 0 bridgehead atoms. The highest BCUT2D eigenvalue weighted by molar-refractivity contribution is 5.88. The van der Waals surface area contributed by atoms with E-state index in [-0.39, 0.29) is 5.56 Å². The number of carboxylic acids is 1. The summed E-state index contributed by atoms with van der Waals surface area (Å²) in [5, 5.41) is 8.82. The molecule has 0 aliphatic heterocycles. The SMILES string of the molecule is CC(C)(C)OC(=O)Oc1cc(C(=O)O)ccc1OC(F)(F)F. The van der Waals surface area contributed by atoms with Crippen molar-refractivity contribution in [1.29, 1.82) is 0 Å². The Morgan fingerprint density at radius 2 is 1.68 bits per heavy atom. The molecule has 0 heterocycles. The van der Waals surface area contributed by atoms with E-state index in [2.05, 4.69) is 9.47 Å². The summed E-state index contributed by atoms with van der Waals surface area (Å²) >= 11 is 0. The van der Waals surface area contributed by atoms with Crippen LogP contribution in [0, 0.1) is 0 Å². The Morgan fingerprint density at radius 3 is 2.14 bits per heavy atom. The number of ether oxygens (including phenoxy) is 3. The van der Waals surface area contributed by atoms with Gasteiger partial charge >= 0.3 is 18.5 Å². The number of carbonyl (C=O) groups excluding carboxylic acids is 1. The molecule has 0 saturated heterocycles. The molecule has 22 heavy (non-hydrogen) atoms. The molecule has 0 aromatic heterocycles. The van der Waals surface area contributed by atoms with Crippen LogP contribution in [0.25, 0.3) is 0 Å². The minimum atomic E-state index is -5.03. The van der Waals surface area contributed by atoms with Crippen molar-refractivity contribution in [3.63, 3.8) is 0 Å². The van der Waals surface area contributed by atoms with Gasteiger partial charge in [0.05, 0.1) is 5.56 Å². The number of carboxylic acid groups (broad SMARTS) is 1. The van der Waals surface area contributed by atoms with Crippen LogP contribution in [0.15, 0.2) is 18.2 Å². The van der Waals surface area contributed by atoms with Crippen molar-refractivity contribution < 1.29 is 42.1 Å².